The lowest BCUT2D eigenvalue weighted by molar-refractivity contribution is -0.115. The summed E-state index contributed by atoms with van der Waals surface area (Å²) in [7, 11) is -3.65. The molecule has 0 fully saturated rings. The molecule has 0 saturated carbocycles. The molecular weight excluding hydrogens is 378 g/mol. The van der Waals surface area contributed by atoms with E-state index in [1.165, 1.54) is 24.3 Å². The number of hydrogen-bond donors (Lipinski definition) is 3. The number of nitrogens with one attached hydrogen (secondary N) is 3. The van der Waals surface area contributed by atoms with Gasteiger partial charge in [-0.3, -0.25) is 9.59 Å². The van der Waals surface area contributed by atoms with Crippen molar-refractivity contribution >= 4 is 33.2 Å². The van der Waals surface area contributed by atoms with Crippen molar-refractivity contribution in [3.05, 3.63) is 54.1 Å². The Bertz CT molecular complexity index is 944. The van der Waals surface area contributed by atoms with E-state index < -0.39 is 15.6 Å². The van der Waals surface area contributed by atoms with E-state index >= 15 is 0 Å². The smallest absolute Gasteiger partial charge is 0.255 e. The fourth-order valence-electron chi connectivity index (χ4n) is 2.34. The van der Waals surface area contributed by atoms with Crippen molar-refractivity contribution in [1.82, 2.24) is 4.72 Å². The molecule has 8 heteroatoms. The first-order valence-electron chi connectivity index (χ1n) is 8.85. The normalized spacial score (nSPS) is 11.7. The molecule has 0 heterocycles. The molecule has 0 aliphatic rings. The predicted molar refractivity (Wildman–Crippen MR) is 110 cm³/mol. The third-order valence-electron chi connectivity index (χ3n) is 3.61. The molecular formula is C20H25N3O4S. The van der Waals surface area contributed by atoms with Gasteiger partial charge in [0.1, 0.15) is 0 Å². The Morgan fingerprint density at radius 2 is 1.36 bits per heavy atom. The number of carbonyl (C=O) groups is 2. The molecule has 0 saturated heterocycles. The molecule has 0 bridgehead atoms. The van der Waals surface area contributed by atoms with Gasteiger partial charge in [0, 0.05) is 28.9 Å². The second-order valence-corrected chi connectivity index (χ2v) is 9.00. The standard InChI is InChI=1S/C20H25N3O4S/c1-5-18(24)21-15-8-10-16(11-9-15)22-19(25)14-6-12-17(13-7-14)28(26,27)23-20(2,3)4/h6-13,23H,5H2,1-4H3,(H,21,24)(H,22,25). The number of carbonyl (C=O) groups excluding carboxylic acids is 2. The minimum absolute atomic E-state index is 0.0900. The molecule has 7 nitrogen and oxygen atoms in total. The number of hydrogen-bond acceptors (Lipinski definition) is 4. The molecule has 0 aliphatic heterocycles. The summed E-state index contributed by atoms with van der Waals surface area (Å²) in [6.07, 6.45) is 0.384. The number of anilines is 2. The maximum Gasteiger partial charge on any atom is 0.255 e. The molecule has 0 radical (unpaired) electrons. The zero-order valence-electron chi connectivity index (χ0n) is 16.4. The number of amides is 2. The molecule has 2 amide bonds. The minimum atomic E-state index is -3.65. The van der Waals surface area contributed by atoms with Crippen LogP contribution in [-0.4, -0.2) is 25.8 Å². The first kappa shape index (κ1) is 21.6. The van der Waals surface area contributed by atoms with Crippen LogP contribution in [0.1, 0.15) is 44.5 Å². The van der Waals surface area contributed by atoms with E-state index in [0.29, 0.717) is 23.4 Å². The largest absolute Gasteiger partial charge is 0.326 e. The van der Waals surface area contributed by atoms with Crippen molar-refractivity contribution in [3.63, 3.8) is 0 Å². The summed E-state index contributed by atoms with van der Waals surface area (Å²) in [5.41, 5.74) is 0.937. The highest BCUT2D eigenvalue weighted by Gasteiger charge is 2.22. The molecule has 28 heavy (non-hydrogen) atoms. The second kappa shape index (κ2) is 8.53. The van der Waals surface area contributed by atoms with E-state index in [1.54, 1.807) is 52.0 Å². The van der Waals surface area contributed by atoms with Crippen molar-refractivity contribution in [2.45, 2.75) is 44.6 Å². The monoisotopic (exact) mass is 403 g/mol. The Morgan fingerprint density at radius 3 is 1.82 bits per heavy atom. The summed E-state index contributed by atoms with van der Waals surface area (Å²) < 4.78 is 27.2. The summed E-state index contributed by atoms with van der Waals surface area (Å²) in [6.45, 7) is 7.03. The van der Waals surface area contributed by atoms with E-state index in [0.717, 1.165) is 0 Å². The second-order valence-electron chi connectivity index (χ2n) is 7.31. The van der Waals surface area contributed by atoms with E-state index in [1.807, 2.05) is 0 Å². The SMILES string of the molecule is CCC(=O)Nc1ccc(NC(=O)c2ccc(S(=O)(=O)NC(C)(C)C)cc2)cc1. The Kier molecular flexibility index (Phi) is 6.58. The van der Waals surface area contributed by atoms with E-state index in [4.69, 9.17) is 0 Å². The van der Waals surface area contributed by atoms with Gasteiger partial charge in [-0.15, -0.1) is 0 Å². The predicted octanol–water partition coefficient (Wildman–Crippen LogP) is 3.36. The Labute approximate surface area is 165 Å². The number of rotatable bonds is 6. The lowest BCUT2D eigenvalue weighted by Gasteiger charge is -2.20. The first-order valence-corrected chi connectivity index (χ1v) is 10.3. The quantitative estimate of drug-likeness (QED) is 0.688. The van der Waals surface area contributed by atoms with Gasteiger partial charge in [-0.1, -0.05) is 6.92 Å². The van der Waals surface area contributed by atoms with E-state index in [2.05, 4.69) is 15.4 Å². The lowest BCUT2D eigenvalue weighted by Crippen LogP contribution is -2.40. The molecule has 2 aromatic carbocycles. The van der Waals surface area contributed by atoms with Crippen LogP contribution in [0.4, 0.5) is 11.4 Å². The molecule has 0 aromatic heterocycles. The van der Waals surface area contributed by atoms with Crippen LogP contribution in [0.2, 0.25) is 0 Å². The average Bonchev–Trinajstić information content (AvgIpc) is 2.61. The summed E-state index contributed by atoms with van der Waals surface area (Å²) in [5.74, 6) is -0.453. The molecule has 150 valence electrons. The fraction of sp³-hybridized carbons (Fsp3) is 0.300. The number of benzene rings is 2. The van der Waals surface area contributed by atoms with Gasteiger partial charge in [-0.2, -0.15) is 0 Å². The van der Waals surface area contributed by atoms with Crippen LogP contribution in [0.25, 0.3) is 0 Å². The van der Waals surface area contributed by atoms with Crippen LogP contribution in [0.5, 0.6) is 0 Å². The van der Waals surface area contributed by atoms with Gasteiger partial charge in [0.25, 0.3) is 5.91 Å². The highest BCUT2D eigenvalue weighted by atomic mass is 32.2. The summed E-state index contributed by atoms with van der Waals surface area (Å²) in [5, 5.41) is 5.46. The highest BCUT2D eigenvalue weighted by Crippen LogP contribution is 2.17. The zero-order valence-corrected chi connectivity index (χ0v) is 17.2. The first-order chi connectivity index (χ1) is 13.0. The van der Waals surface area contributed by atoms with Gasteiger partial charge in [0.2, 0.25) is 15.9 Å². The van der Waals surface area contributed by atoms with Crippen molar-refractivity contribution in [2.75, 3.05) is 10.6 Å². The van der Waals surface area contributed by atoms with E-state index in [-0.39, 0.29) is 16.7 Å². The van der Waals surface area contributed by atoms with Gasteiger partial charge >= 0.3 is 0 Å². The Morgan fingerprint density at radius 1 is 0.857 bits per heavy atom. The number of sulfonamides is 1. The van der Waals surface area contributed by atoms with Crippen molar-refractivity contribution in [3.8, 4) is 0 Å². The van der Waals surface area contributed by atoms with Crippen LogP contribution in [-0.2, 0) is 14.8 Å². The Balaban J connectivity index is 2.06. The van der Waals surface area contributed by atoms with Crippen LogP contribution in [0, 0.1) is 0 Å². The van der Waals surface area contributed by atoms with Crippen LogP contribution >= 0.6 is 0 Å². The fourth-order valence-corrected chi connectivity index (χ4v) is 3.76. The molecule has 0 atom stereocenters. The summed E-state index contributed by atoms with van der Waals surface area (Å²) in [6, 6.07) is 12.4. The molecule has 3 N–H and O–H groups in total. The van der Waals surface area contributed by atoms with Gasteiger partial charge in [-0.25, -0.2) is 13.1 Å². The lowest BCUT2D eigenvalue weighted by atomic mass is 10.1. The van der Waals surface area contributed by atoms with Crippen molar-refractivity contribution in [2.24, 2.45) is 0 Å². The third-order valence-corrected chi connectivity index (χ3v) is 5.39. The molecule has 0 aliphatic carbocycles. The summed E-state index contributed by atoms with van der Waals surface area (Å²) >= 11 is 0. The van der Waals surface area contributed by atoms with Gasteiger partial charge in [-0.05, 0) is 69.3 Å². The van der Waals surface area contributed by atoms with Gasteiger partial charge < -0.3 is 10.6 Å². The van der Waals surface area contributed by atoms with Gasteiger partial charge in [0.05, 0.1) is 4.90 Å². The molecule has 0 spiro atoms. The summed E-state index contributed by atoms with van der Waals surface area (Å²) in [4.78, 5) is 23.8. The highest BCUT2D eigenvalue weighted by molar-refractivity contribution is 7.89. The van der Waals surface area contributed by atoms with Gasteiger partial charge in [0.15, 0.2) is 0 Å². The Hall–Kier alpha value is -2.71. The maximum absolute atomic E-state index is 12.4. The topological polar surface area (TPSA) is 104 Å². The molecule has 0 unspecified atom stereocenters. The average molecular weight is 404 g/mol. The van der Waals surface area contributed by atoms with Crippen LogP contribution in [0.15, 0.2) is 53.4 Å². The van der Waals surface area contributed by atoms with Crippen LogP contribution in [0.3, 0.4) is 0 Å². The van der Waals surface area contributed by atoms with E-state index in [9.17, 15) is 18.0 Å². The van der Waals surface area contributed by atoms with Crippen molar-refractivity contribution in [1.29, 1.82) is 0 Å². The maximum atomic E-state index is 12.4. The zero-order chi connectivity index (χ0) is 20.9. The minimum Gasteiger partial charge on any atom is -0.326 e. The molecule has 2 aromatic rings. The molecule has 2 rings (SSSR count). The van der Waals surface area contributed by atoms with Crippen LogP contribution < -0.4 is 15.4 Å². The third kappa shape index (κ3) is 6.17. The van der Waals surface area contributed by atoms with Crippen molar-refractivity contribution < 1.29 is 18.0 Å².